The second-order valence-electron chi connectivity index (χ2n) is 6.80. The molecule has 1 aromatic rings. The van der Waals surface area contributed by atoms with Crippen molar-refractivity contribution in [3.05, 3.63) is 29.8 Å². The van der Waals surface area contributed by atoms with Gasteiger partial charge in [0.05, 0.1) is 18.7 Å². The first-order chi connectivity index (χ1) is 11.3. The van der Waals surface area contributed by atoms with Crippen LogP contribution in [0.5, 0.6) is 5.75 Å². The van der Waals surface area contributed by atoms with E-state index in [9.17, 15) is 9.59 Å². The fraction of sp³-hybridized carbons (Fsp3) is 0.556. The van der Waals surface area contributed by atoms with Gasteiger partial charge in [-0.25, -0.2) is 9.59 Å². The fourth-order valence-electron chi connectivity index (χ4n) is 2.59. The van der Waals surface area contributed by atoms with Crippen LogP contribution in [-0.2, 0) is 9.47 Å². The Balaban J connectivity index is 1.96. The van der Waals surface area contributed by atoms with E-state index in [0.29, 0.717) is 24.5 Å². The average molecular weight is 335 g/mol. The van der Waals surface area contributed by atoms with Crippen molar-refractivity contribution in [3.63, 3.8) is 0 Å². The lowest BCUT2D eigenvalue weighted by Gasteiger charge is -2.28. The van der Waals surface area contributed by atoms with Crippen molar-refractivity contribution in [1.29, 1.82) is 0 Å². The number of benzene rings is 1. The Morgan fingerprint density at radius 1 is 1.29 bits per heavy atom. The van der Waals surface area contributed by atoms with Gasteiger partial charge in [0.25, 0.3) is 0 Å². The molecule has 1 saturated heterocycles. The lowest BCUT2D eigenvalue weighted by atomic mass is 10.2. The van der Waals surface area contributed by atoms with E-state index in [-0.39, 0.29) is 12.1 Å². The molecule has 0 radical (unpaired) electrons. The summed E-state index contributed by atoms with van der Waals surface area (Å²) in [6.07, 6.45) is 1.49. The van der Waals surface area contributed by atoms with Crippen molar-refractivity contribution in [3.8, 4) is 5.75 Å². The monoisotopic (exact) mass is 335 g/mol. The van der Waals surface area contributed by atoms with Gasteiger partial charge >= 0.3 is 12.1 Å². The van der Waals surface area contributed by atoms with Crippen LogP contribution in [0.3, 0.4) is 0 Å². The lowest BCUT2D eigenvalue weighted by Crippen LogP contribution is -2.42. The summed E-state index contributed by atoms with van der Waals surface area (Å²) in [5.74, 6) is 0.172. The summed E-state index contributed by atoms with van der Waals surface area (Å²) in [6.45, 7) is 6.59. The van der Waals surface area contributed by atoms with E-state index in [1.54, 1.807) is 29.2 Å². The van der Waals surface area contributed by atoms with E-state index in [0.717, 1.165) is 12.8 Å². The molecule has 1 aromatic carbocycles. The van der Waals surface area contributed by atoms with Crippen LogP contribution in [0.25, 0.3) is 0 Å². The molecule has 1 aliphatic rings. The van der Waals surface area contributed by atoms with Crippen LogP contribution in [0.4, 0.5) is 4.79 Å². The summed E-state index contributed by atoms with van der Waals surface area (Å²) in [4.78, 5) is 25.5. The Labute approximate surface area is 142 Å². The quantitative estimate of drug-likeness (QED) is 0.790. The second-order valence-corrected chi connectivity index (χ2v) is 6.80. The molecule has 0 aliphatic carbocycles. The van der Waals surface area contributed by atoms with Crippen molar-refractivity contribution in [2.45, 2.75) is 45.3 Å². The topological polar surface area (TPSA) is 65.1 Å². The third-order valence-electron chi connectivity index (χ3n) is 3.70. The summed E-state index contributed by atoms with van der Waals surface area (Å²) >= 11 is 0. The van der Waals surface area contributed by atoms with E-state index in [2.05, 4.69) is 0 Å². The molecule has 132 valence electrons. The Morgan fingerprint density at radius 2 is 2.04 bits per heavy atom. The van der Waals surface area contributed by atoms with Crippen LogP contribution >= 0.6 is 0 Å². The molecule has 0 bridgehead atoms. The number of carbonyl (C=O) groups is 2. The average Bonchev–Trinajstić information content (AvgIpc) is 2.99. The first-order valence-corrected chi connectivity index (χ1v) is 8.11. The van der Waals surface area contributed by atoms with Crippen LogP contribution in [0.2, 0.25) is 0 Å². The maximum Gasteiger partial charge on any atom is 0.410 e. The molecule has 24 heavy (non-hydrogen) atoms. The van der Waals surface area contributed by atoms with Crippen LogP contribution in [-0.4, -0.2) is 48.9 Å². The molecular formula is C18H25NO5. The van der Waals surface area contributed by atoms with Gasteiger partial charge in [-0.3, -0.25) is 0 Å². The van der Waals surface area contributed by atoms with E-state index in [4.69, 9.17) is 14.2 Å². The predicted octanol–water partition coefficient (Wildman–Crippen LogP) is 3.25. The molecule has 1 amide bonds. The molecule has 6 heteroatoms. The van der Waals surface area contributed by atoms with E-state index < -0.39 is 11.6 Å². The van der Waals surface area contributed by atoms with E-state index in [1.807, 2.05) is 20.8 Å². The molecule has 0 saturated carbocycles. The Kier molecular flexibility index (Phi) is 5.70. The summed E-state index contributed by atoms with van der Waals surface area (Å²) in [5.41, 5.74) is -0.0784. The van der Waals surface area contributed by atoms with Gasteiger partial charge in [-0.1, -0.05) is 6.07 Å². The molecule has 0 N–H and O–H groups in total. The highest BCUT2D eigenvalue weighted by molar-refractivity contribution is 5.89. The fourth-order valence-corrected chi connectivity index (χ4v) is 2.59. The lowest BCUT2D eigenvalue weighted by molar-refractivity contribution is 0.0187. The van der Waals surface area contributed by atoms with Crippen molar-refractivity contribution in [2.75, 3.05) is 20.3 Å². The molecule has 1 heterocycles. The zero-order chi connectivity index (χ0) is 17.7. The number of likely N-dealkylation sites (tertiary alicyclic amines) is 1. The van der Waals surface area contributed by atoms with Gasteiger partial charge in [0.1, 0.15) is 18.0 Å². The molecule has 2 rings (SSSR count). The maximum absolute atomic E-state index is 12.3. The van der Waals surface area contributed by atoms with Gasteiger partial charge in [0, 0.05) is 6.54 Å². The highest BCUT2D eigenvalue weighted by Gasteiger charge is 2.32. The van der Waals surface area contributed by atoms with Gasteiger partial charge in [-0.15, -0.1) is 0 Å². The van der Waals surface area contributed by atoms with Crippen molar-refractivity contribution in [1.82, 2.24) is 4.90 Å². The molecule has 1 atom stereocenters. The number of rotatable bonds is 4. The van der Waals surface area contributed by atoms with Crippen molar-refractivity contribution >= 4 is 12.1 Å². The van der Waals surface area contributed by atoms with Gasteiger partial charge in [0.15, 0.2) is 0 Å². The SMILES string of the molecule is COC(=O)c1cccc(OCC2CCCN2C(=O)OC(C)(C)C)c1. The number of amides is 1. The highest BCUT2D eigenvalue weighted by atomic mass is 16.6. The Hall–Kier alpha value is -2.24. The predicted molar refractivity (Wildman–Crippen MR) is 89.2 cm³/mol. The summed E-state index contributed by atoms with van der Waals surface area (Å²) < 4.78 is 15.9. The van der Waals surface area contributed by atoms with Crippen LogP contribution in [0.15, 0.2) is 24.3 Å². The van der Waals surface area contributed by atoms with Gasteiger partial charge in [-0.2, -0.15) is 0 Å². The summed E-state index contributed by atoms with van der Waals surface area (Å²) in [6, 6.07) is 6.79. The molecule has 1 fully saturated rings. The Bertz CT molecular complexity index is 593. The number of esters is 1. The van der Waals surface area contributed by atoms with E-state index in [1.165, 1.54) is 7.11 Å². The molecule has 1 aliphatic heterocycles. The third kappa shape index (κ3) is 4.88. The first kappa shape index (κ1) is 18.1. The third-order valence-corrected chi connectivity index (χ3v) is 3.70. The zero-order valence-corrected chi connectivity index (χ0v) is 14.7. The largest absolute Gasteiger partial charge is 0.491 e. The molecular weight excluding hydrogens is 310 g/mol. The number of hydrogen-bond acceptors (Lipinski definition) is 5. The summed E-state index contributed by atoms with van der Waals surface area (Å²) in [5, 5.41) is 0. The minimum Gasteiger partial charge on any atom is -0.491 e. The molecule has 6 nitrogen and oxygen atoms in total. The number of hydrogen-bond donors (Lipinski definition) is 0. The van der Waals surface area contributed by atoms with Crippen molar-refractivity contribution < 1.29 is 23.8 Å². The van der Waals surface area contributed by atoms with Crippen molar-refractivity contribution in [2.24, 2.45) is 0 Å². The number of methoxy groups -OCH3 is 1. The maximum atomic E-state index is 12.3. The normalized spacial score (nSPS) is 17.5. The van der Waals surface area contributed by atoms with Crippen LogP contribution in [0, 0.1) is 0 Å². The van der Waals surface area contributed by atoms with Gasteiger partial charge in [0.2, 0.25) is 0 Å². The molecule has 0 aromatic heterocycles. The molecule has 0 spiro atoms. The highest BCUT2D eigenvalue weighted by Crippen LogP contribution is 2.22. The zero-order valence-electron chi connectivity index (χ0n) is 14.7. The van der Waals surface area contributed by atoms with Crippen LogP contribution < -0.4 is 4.74 Å². The van der Waals surface area contributed by atoms with Gasteiger partial charge in [-0.05, 0) is 51.8 Å². The smallest absolute Gasteiger partial charge is 0.410 e. The number of carbonyl (C=O) groups excluding carboxylic acids is 2. The standard InChI is InChI=1S/C18H25NO5/c1-18(2,3)24-17(21)19-10-6-8-14(19)12-23-15-9-5-7-13(11-15)16(20)22-4/h5,7,9,11,14H,6,8,10,12H2,1-4H3. The minimum atomic E-state index is -0.514. The number of nitrogens with zero attached hydrogens (tertiary/aromatic N) is 1. The number of ether oxygens (including phenoxy) is 3. The van der Waals surface area contributed by atoms with E-state index >= 15 is 0 Å². The Morgan fingerprint density at radius 3 is 2.71 bits per heavy atom. The minimum absolute atomic E-state index is 0.0263. The first-order valence-electron chi connectivity index (χ1n) is 8.11. The van der Waals surface area contributed by atoms with Gasteiger partial charge < -0.3 is 19.1 Å². The van der Waals surface area contributed by atoms with Crippen LogP contribution in [0.1, 0.15) is 44.0 Å². The summed E-state index contributed by atoms with van der Waals surface area (Å²) in [7, 11) is 1.34. The second kappa shape index (κ2) is 7.55. The molecule has 1 unspecified atom stereocenters.